The van der Waals surface area contributed by atoms with Gasteiger partial charge in [0.15, 0.2) is 0 Å². The van der Waals surface area contributed by atoms with Crippen LogP contribution < -0.4 is 5.32 Å². The number of hydrogen-bond donors (Lipinski definition) is 1. The second kappa shape index (κ2) is 6.42. The molecule has 0 spiro atoms. The van der Waals surface area contributed by atoms with E-state index < -0.39 is 0 Å². The Kier molecular flexibility index (Phi) is 4.61. The predicted molar refractivity (Wildman–Crippen MR) is 82.3 cm³/mol. The van der Waals surface area contributed by atoms with E-state index in [1.807, 2.05) is 47.3 Å². The van der Waals surface area contributed by atoms with Crippen molar-refractivity contribution in [1.29, 1.82) is 0 Å². The summed E-state index contributed by atoms with van der Waals surface area (Å²) in [6.45, 7) is 6.24. The minimum atomic E-state index is 0.00658. The van der Waals surface area contributed by atoms with Gasteiger partial charge >= 0.3 is 0 Å². The number of carbonyl (C=O) groups excluding carboxylic acids is 1. The van der Waals surface area contributed by atoms with Gasteiger partial charge in [0, 0.05) is 29.7 Å². The standard InChI is InChI=1S/C17H22N2O/c1-4-15(5-2)18-17(20)14-9-8-13(3)16(12-14)19-10-6-7-11-19/h6-12,15H,4-5H2,1-3H3,(H,18,20). The molecule has 0 saturated heterocycles. The van der Waals surface area contributed by atoms with Crippen molar-refractivity contribution >= 4 is 5.91 Å². The maximum absolute atomic E-state index is 12.3. The third-order valence-electron chi connectivity index (χ3n) is 3.67. The van der Waals surface area contributed by atoms with E-state index >= 15 is 0 Å². The number of benzene rings is 1. The van der Waals surface area contributed by atoms with Crippen LogP contribution in [-0.2, 0) is 0 Å². The van der Waals surface area contributed by atoms with Crippen molar-refractivity contribution in [3.63, 3.8) is 0 Å². The topological polar surface area (TPSA) is 34.0 Å². The first-order valence-corrected chi connectivity index (χ1v) is 7.20. The quantitative estimate of drug-likeness (QED) is 0.883. The van der Waals surface area contributed by atoms with Crippen LogP contribution in [0.15, 0.2) is 42.7 Å². The lowest BCUT2D eigenvalue weighted by atomic mass is 10.1. The molecule has 0 bridgehead atoms. The van der Waals surface area contributed by atoms with Crippen molar-refractivity contribution in [2.24, 2.45) is 0 Å². The first kappa shape index (κ1) is 14.4. The van der Waals surface area contributed by atoms with Gasteiger partial charge in [-0.25, -0.2) is 0 Å². The van der Waals surface area contributed by atoms with Crippen LogP contribution in [0.3, 0.4) is 0 Å². The minimum Gasteiger partial charge on any atom is -0.349 e. The van der Waals surface area contributed by atoms with Gasteiger partial charge in [-0.05, 0) is 49.6 Å². The molecule has 1 amide bonds. The molecule has 1 heterocycles. The molecule has 2 aromatic rings. The highest BCUT2D eigenvalue weighted by Gasteiger charge is 2.12. The Morgan fingerprint density at radius 2 is 1.85 bits per heavy atom. The molecule has 0 aliphatic heterocycles. The number of rotatable bonds is 5. The molecule has 2 rings (SSSR count). The van der Waals surface area contributed by atoms with E-state index in [9.17, 15) is 4.79 Å². The largest absolute Gasteiger partial charge is 0.349 e. The second-order valence-electron chi connectivity index (χ2n) is 5.08. The number of carbonyl (C=O) groups is 1. The van der Waals surface area contributed by atoms with Crippen LogP contribution in [0.2, 0.25) is 0 Å². The summed E-state index contributed by atoms with van der Waals surface area (Å²) in [5.74, 6) is 0.00658. The fourth-order valence-electron chi connectivity index (χ4n) is 2.29. The van der Waals surface area contributed by atoms with E-state index in [1.165, 1.54) is 0 Å². The molecule has 0 aliphatic carbocycles. The summed E-state index contributed by atoms with van der Waals surface area (Å²) >= 11 is 0. The molecule has 0 aliphatic rings. The third kappa shape index (κ3) is 3.10. The van der Waals surface area contributed by atoms with Crippen LogP contribution in [0.1, 0.15) is 42.6 Å². The van der Waals surface area contributed by atoms with E-state index in [0.29, 0.717) is 5.56 Å². The lowest BCUT2D eigenvalue weighted by Crippen LogP contribution is -2.33. The SMILES string of the molecule is CCC(CC)NC(=O)c1ccc(C)c(-n2cccc2)c1. The van der Waals surface area contributed by atoms with Crippen molar-refractivity contribution < 1.29 is 4.79 Å². The van der Waals surface area contributed by atoms with Gasteiger partial charge in [0.25, 0.3) is 5.91 Å². The Hall–Kier alpha value is -2.03. The molecule has 3 nitrogen and oxygen atoms in total. The van der Waals surface area contributed by atoms with Crippen molar-refractivity contribution in [1.82, 2.24) is 9.88 Å². The number of aryl methyl sites for hydroxylation is 1. The fraction of sp³-hybridized carbons (Fsp3) is 0.353. The van der Waals surface area contributed by atoms with Gasteiger partial charge in [0.2, 0.25) is 0 Å². The third-order valence-corrected chi connectivity index (χ3v) is 3.67. The summed E-state index contributed by atoms with van der Waals surface area (Å²) in [4.78, 5) is 12.3. The highest BCUT2D eigenvalue weighted by Crippen LogP contribution is 2.16. The lowest BCUT2D eigenvalue weighted by Gasteiger charge is -2.16. The summed E-state index contributed by atoms with van der Waals surface area (Å²) in [6, 6.07) is 10.1. The normalized spacial score (nSPS) is 10.8. The van der Waals surface area contributed by atoms with E-state index in [1.54, 1.807) is 0 Å². The Morgan fingerprint density at radius 3 is 2.45 bits per heavy atom. The van der Waals surface area contributed by atoms with Crippen LogP contribution in [-0.4, -0.2) is 16.5 Å². The summed E-state index contributed by atoms with van der Waals surface area (Å²) in [7, 11) is 0. The highest BCUT2D eigenvalue weighted by atomic mass is 16.1. The maximum Gasteiger partial charge on any atom is 0.251 e. The Labute approximate surface area is 120 Å². The van der Waals surface area contributed by atoms with Crippen LogP contribution in [0.5, 0.6) is 0 Å². The van der Waals surface area contributed by atoms with E-state index in [2.05, 4.69) is 26.1 Å². The van der Waals surface area contributed by atoms with Crippen molar-refractivity contribution in [2.75, 3.05) is 0 Å². The second-order valence-corrected chi connectivity index (χ2v) is 5.08. The molecular formula is C17H22N2O. The number of amides is 1. The molecule has 20 heavy (non-hydrogen) atoms. The van der Waals surface area contributed by atoms with Gasteiger partial charge in [-0.15, -0.1) is 0 Å². The zero-order chi connectivity index (χ0) is 14.5. The van der Waals surface area contributed by atoms with Crippen LogP contribution >= 0.6 is 0 Å². The smallest absolute Gasteiger partial charge is 0.251 e. The summed E-state index contributed by atoms with van der Waals surface area (Å²) in [6.07, 6.45) is 5.90. The van der Waals surface area contributed by atoms with Gasteiger partial charge in [-0.1, -0.05) is 19.9 Å². The zero-order valence-electron chi connectivity index (χ0n) is 12.4. The molecular weight excluding hydrogens is 248 g/mol. The van der Waals surface area contributed by atoms with E-state index in [0.717, 1.165) is 24.1 Å². The minimum absolute atomic E-state index is 0.00658. The monoisotopic (exact) mass is 270 g/mol. The van der Waals surface area contributed by atoms with E-state index in [-0.39, 0.29) is 11.9 Å². The van der Waals surface area contributed by atoms with Crippen LogP contribution in [0.4, 0.5) is 0 Å². The molecule has 0 saturated carbocycles. The Balaban J connectivity index is 2.25. The highest BCUT2D eigenvalue weighted by molar-refractivity contribution is 5.95. The molecule has 0 unspecified atom stereocenters. The molecule has 1 aromatic heterocycles. The van der Waals surface area contributed by atoms with Crippen molar-refractivity contribution in [2.45, 2.75) is 39.7 Å². The van der Waals surface area contributed by atoms with Gasteiger partial charge < -0.3 is 9.88 Å². The van der Waals surface area contributed by atoms with Gasteiger partial charge in [-0.2, -0.15) is 0 Å². The molecule has 1 N–H and O–H groups in total. The summed E-state index contributed by atoms with van der Waals surface area (Å²) < 4.78 is 2.03. The van der Waals surface area contributed by atoms with Crippen LogP contribution in [0, 0.1) is 6.92 Å². The molecule has 0 fully saturated rings. The summed E-state index contributed by atoms with van der Waals surface area (Å²) in [5, 5.41) is 3.08. The van der Waals surface area contributed by atoms with E-state index in [4.69, 9.17) is 0 Å². The first-order valence-electron chi connectivity index (χ1n) is 7.20. The lowest BCUT2D eigenvalue weighted by molar-refractivity contribution is 0.0935. The van der Waals surface area contributed by atoms with Crippen molar-refractivity contribution in [3.8, 4) is 5.69 Å². The number of aromatic nitrogens is 1. The molecule has 0 radical (unpaired) electrons. The molecule has 3 heteroatoms. The van der Waals surface area contributed by atoms with Crippen molar-refractivity contribution in [3.05, 3.63) is 53.9 Å². The Morgan fingerprint density at radius 1 is 1.20 bits per heavy atom. The van der Waals surface area contributed by atoms with Gasteiger partial charge in [0.05, 0.1) is 0 Å². The number of nitrogens with one attached hydrogen (secondary N) is 1. The van der Waals surface area contributed by atoms with Gasteiger partial charge in [-0.3, -0.25) is 4.79 Å². The number of nitrogens with zero attached hydrogens (tertiary/aromatic N) is 1. The number of hydrogen-bond acceptors (Lipinski definition) is 1. The molecule has 1 aromatic carbocycles. The molecule has 106 valence electrons. The maximum atomic E-state index is 12.3. The van der Waals surface area contributed by atoms with Gasteiger partial charge in [0.1, 0.15) is 0 Å². The Bertz CT molecular complexity index is 569. The zero-order valence-corrected chi connectivity index (χ0v) is 12.4. The first-order chi connectivity index (χ1) is 9.65. The predicted octanol–water partition coefficient (Wildman–Crippen LogP) is 3.70. The fourth-order valence-corrected chi connectivity index (χ4v) is 2.29. The average molecular weight is 270 g/mol. The van der Waals surface area contributed by atoms with Crippen LogP contribution in [0.25, 0.3) is 5.69 Å². The summed E-state index contributed by atoms with van der Waals surface area (Å²) in [5.41, 5.74) is 2.92. The average Bonchev–Trinajstić information content (AvgIpc) is 2.99. The molecule has 0 atom stereocenters.